The van der Waals surface area contributed by atoms with Crippen LogP contribution in [0.5, 0.6) is 0 Å². The van der Waals surface area contributed by atoms with Crippen LogP contribution in [-0.2, 0) is 14.3 Å². The summed E-state index contributed by atoms with van der Waals surface area (Å²) in [5.74, 6) is 0.0281. The van der Waals surface area contributed by atoms with Gasteiger partial charge in [0.2, 0.25) is 11.8 Å². The van der Waals surface area contributed by atoms with Gasteiger partial charge in [-0.2, -0.15) is 0 Å². The van der Waals surface area contributed by atoms with E-state index in [0.29, 0.717) is 6.54 Å². The second kappa shape index (κ2) is 5.12. The zero-order valence-electron chi connectivity index (χ0n) is 12.2. The van der Waals surface area contributed by atoms with Crippen LogP contribution >= 0.6 is 0 Å². The highest BCUT2D eigenvalue weighted by Gasteiger charge is 2.47. The third-order valence-corrected chi connectivity index (χ3v) is 3.89. The molecule has 2 atom stereocenters. The highest BCUT2D eigenvalue weighted by atomic mass is 16.5. The Bertz CT molecular complexity index is 373. The predicted molar refractivity (Wildman–Crippen MR) is 71.5 cm³/mol. The molecule has 0 aromatic carbocycles. The third kappa shape index (κ3) is 2.76. The third-order valence-electron chi connectivity index (χ3n) is 3.89. The molecule has 0 spiro atoms. The number of hydrogen-bond donors (Lipinski definition) is 1. The summed E-state index contributed by atoms with van der Waals surface area (Å²) in [7, 11) is 0. The molecule has 2 amide bonds. The van der Waals surface area contributed by atoms with E-state index in [-0.39, 0.29) is 29.9 Å². The topological polar surface area (TPSA) is 58.6 Å². The van der Waals surface area contributed by atoms with Crippen molar-refractivity contribution in [1.82, 2.24) is 10.2 Å². The van der Waals surface area contributed by atoms with Crippen molar-refractivity contribution < 1.29 is 14.3 Å². The van der Waals surface area contributed by atoms with Crippen molar-refractivity contribution >= 4 is 11.8 Å². The number of nitrogens with zero attached hydrogens (tertiary/aromatic N) is 1. The standard InChI is InChI=1S/C14H24N2O3/c1-9(2)11-12(17)15-14(3,4)13(18)16(11)8-10-6-5-7-19-10/h9-11H,5-8H2,1-4H3,(H,15,17). The van der Waals surface area contributed by atoms with E-state index in [1.807, 2.05) is 13.8 Å². The Hall–Kier alpha value is -1.10. The molecule has 2 aliphatic heterocycles. The van der Waals surface area contributed by atoms with Gasteiger partial charge in [-0.3, -0.25) is 9.59 Å². The number of piperazine rings is 1. The van der Waals surface area contributed by atoms with Crippen molar-refractivity contribution in [3.8, 4) is 0 Å². The monoisotopic (exact) mass is 268 g/mol. The van der Waals surface area contributed by atoms with Crippen LogP contribution in [-0.4, -0.2) is 47.6 Å². The van der Waals surface area contributed by atoms with Crippen molar-refractivity contribution in [3.05, 3.63) is 0 Å². The van der Waals surface area contributed by atoms with Crippen LogP contribution in [0.2, 0.25) is 0 Å². The molecule has 5 nitrogen and oxygen atoms in total. The van der Waals surface area contributed by atoms with E-state index in [4.69, 9.17) is 4.74 Å². The first-order valence-corrected chi connectivity index (χ1v) is 7.07. The van der Waals surface area contributed by atoms with E-state index < -0.39 is 5.54 Å². The van der Waals surface area contributed by atoms with E-state index in [0.717, 1.165) is 19.4 Å². The average molecular weight is 268 g/mol. The van der Waals surface area contributed by atoms with Crippen LogP contribution in [0.3, 0.4) is 0 Å². The van der Waals surface area contributed by atoms with Gasteiger partial charge in [0, 0.05) is 13.2 Å². The maximum absolute atomic E-state index is 12.6. The second-order valence-electron chi connectivity index (χ2n) is 6.40. The molecule has 0 aliphatic carbocycles. The molecule has 2 fully saturated rings. The van der Waals surface area contributed by atoms with E-state index in [1.165, 1.54) is 0 Å². The highest BCUT2D eigenvalue weighted by molar-refractivity contribution is 5.99. The SMILES string of the molecule is CC(C)C1C(=O)NC(C)(C)C(=O)N1CC1CCCO1. The van der Waals surface area contributed by atoms with Gasteiger partial charge in [-0.1, -0.05) is 13.8 Å². The lowest BCUT2D eigenvalue weighted by atomic mass is 9.91. The Balaban J connectivity index is 2.20. The molecule has 2 heterocycles. The number of rotatable bonds is 3. The summed E-state index contributed by atoms with van der Waals surface area (Å²) in [6.45, 7) is 8.74. The molecule has 2 unspecified atom stereocenters. The maximum atomic E-state index is 12.6. The predicted octanol–water partition coefficient (Wildman–Crippen LogP) is 0.927. The normalized spacial score (nSPS) is 30.9. The first kappa shape index (κ1) is 14.3. The maximum Gasteiger partial charge on any atom is 0.248 e. The summed E-state index contributed by atoms with van der Waals surface area (Å²) < 4.78 is 5.61. The van der Waals surface area contributed by atoms with Gasteiger partial charge in [-0.15, -0.1) is 0 Å². The molecule has 2 saturated heterocycles. The minimum atomic E-state index is -0.818. The van der Waals surface area contributed by atoms with Gasteiger partial charge in [0.1, 0.15) is 11.6 Å². The Kier molecular flexibility index (Phi) is 3.85. The number of amides is 2. The molecular weight excluding hydrogens is 244 g/mol. The Morgan fingerprint density at radius 3 is 2.63 bits per heavy atom. The number of hydrogen-bond acceptors (Lipinski definition) is 3. The lowest BCUT2D eigenvalue weighted by molar-refractivity contribution is -0.157. The zero-order valence-corrected chi connectivity index (χ0v) is 12.2. The summed E-state index contributed by atoms with van der Waals surface area (Å²) in [5, 5.41) is 2.82. The Morgan fingerprint density at radius 2 is 2.11 bits per heavy atom. The van der Waals surface area contributed by atoms with Crippen LogP contribution in [0.1, 0.15) is 40.5 Å². The van der Waals surface area contributed by atoms with Crippen molar-refractivity contribution in [2.75, 3.05) is 13.2 Å². The van der Waals surface area contributed by atoms with Gasteiger partial charge < -0.3 is 15.0 Å². The van der Waals surface area contributed by atoms with Crippen molar-refractivity contribution in [2.45, 2.75) is 58.2 Å². The van der Waals surface area contributed by atoms with Crippen molar-refractivity contribution in [2.24, 2.45) is 5.92 Å². The van der Waals surface area contributed by atoms with Gasteiger partial charge in [0.25, 0.3) is 0 Å². The van der Waals surface area contributed by atoms with Gasteiger partial charge in [-0.25, -0.2) is 0 Å². The quantitative estimate of drug-likeness (QED) is 0.828. The lowest BCUT2D eigenvalue weighted by Crippen LogP contribution is -2.70. The zero-order chi connectivity index (χ0) is 14.2. The highest BCUT2D eigenvalue weighted by Crippen LogP contribution is 2.25. The summed E-state index contributed by atoms with van der Waals surface area (Å²) in [5.41, 5.74) is -0.818. The second-order valence-corrected chi connectivity index (χ2v) is 6.40. The fourth-order valence-corrected chi connectivity index (χ4v) is 2.93. The van der Waals surface area contributed by atoms with Crippen molar-refractivity contribution in [3.63, 3.8) is 0 Å². The fourth-order valence-electron chi connectivity index (χ4n) is 2.93. The minimum absolute atomic E-state index is 0.0127. The molecule has 2 aliphatic rings. The Labute approximate surface area is 114 Å². The average Bonchev–Trinajstić information content (AvgIpc) is 2.77. The first-order valence-electron chi connectivity index (χ1n) is 7.07. The molecule has 19 heavy (non-hydrogen) atoms. The molecule has 0 aromatic rings. The largest absolute Gasteiger partial charge is 0.376 e. The van der Waals surface area contributed by atoms with E-state index in [9.17, 15) is 9.59 Å². The van der Waals surface area contributed by atoms with Crippen LogP contribution in [0.25, 0.3) is 0 Å². The molecule has 1 N–H and O–H groups in total. The van der Waals surface area contributed by atoms with Crippen LogP contribution < -0.4 is 5.32 Å². The summed E-state index contributed by atoms with van der Waals surface area (Å²) in [6.07, 6.45) is 2.08. The minimum Gasteiger partial charge on any atom is -0.376 e. The summed E-state index contributed by atoms with van der Waals surface area (Å²) in [4.78, 5) is 26.5. The van der Waals surface area contributed by atoms with Crippen LogP contribution in [0.4, 0.5) is 0 Å². The molecule has 0 bridgehead atoms. The van der Waals surface area contributed by atoms with E-state index >= 15 is 0 Å². The first-order chi connectivity index (χ1) is 8.83. The number of carbonyl (C=O) groups excluding carboxylic acids is 2. The smallest absolute Gasteiger partial charge is 0.248 e. The Morgan fingerprint density at radius 1 is 1.42 bits per heavy atom. The summed E-state index contributed by atoms with van der Waals surface area (Å²) in [6, 6.07) is -0.385. The fraction of sp³-hybridized carbons (Fsp3) is 0.857. The number of ether oxygens (including phenoxy) is 1. The summed E-state index contributed by atoms with van der Waals surface area (Å²) >= 11 is 0. The molecular formula is C14H24N2O3. The number of nitrogens with one attached hydrogen (secondary N) is 1. The molecule has 0 radical (unpaired) electrons. The number of carbonyl (C=O) groups is 2. The van der Waals surface area contributed by atoms with E-state index in [2.05, 4.69) is 5.32 Å². The van der Waals surface area contributed by atoms with Crippen LogP contribution in [0.15, 0.2) is 0 Å². The van der Waals surface area contributed by atoms with Gasteiger partial charge >= 0.3 is 0 Å². The molecule has 0 saturated carbocycles. The molecule has 5 heteroatoms. The van der Waals surface area contributed by atoms with E-state index in [1.54, 1.807) is 18.7 Å². The van der Waals surface area contributed by atoms with Gasteiger partial charge in [0.15, 0.2) is 0 Å². The van der Waals surface area contributed by atoms with Crippen LogP contribution in [0, 0.1) is 5.92 Å². The van der Waals surface area contributed by atoms with Crippen molar-refractivity contribution in [1.29, 1.82) is 0 Å². The lowest BCUT2D eigenvalue weighted by Gasteiger charge is -2.45. The van der Waals surface area contributed by atoms with Gasteiger partial charge in [-0.05, 0) is 32.6 Å². The molecule has 0 aromatic heterocycles. The van der Waals surface area contributed by atoms with Gasteiger partial charge in [0.05, 0.1) is 6.10 Å². The molecule has 108 valence electrons. The molecule has 2 rings (SSSR count).